The molecule has 2 aromatic rings. The third-order valence-electron chi connectivity index (χ3n) is 3.65. The van der Waals surface area contributed by atoms with Crippen molar-refractivity contribution in [3.63, 3.8) is 0 Å². The third-order valence-corrected chi connectivity index (χ3v) is 3.65. The van der Waals surface area contributed by atoms with Crippen molar-refractivity contribution in [3.8, 4) is 0 Å². The molecule has 1 aliphatic heterocycles. The van der Waals surface area contributed by atoms with Crippen LogP contribution in [-0.4, -0.2) is 16.3 Å². The van der Waals surface area contributed by atoms with E-state index in [9.17, 15) is 4.39 Å². The topological polar surface area (TPSA) is 39.1 Å². The summed E-state index contributed by atoms with van der Waals surface area (Å²) in [4.78, 5) is 0. The standard InChI is InChI=1S/C15H18FN3O/c1-19-15-6-7-17-8-12(15)14(18-19)10-20-9-11-4-2-3-5-13(11)16/h2-5,17H,6-10H2,1H3. The van der Waals surface area contributed by atoms with Gasteiger partial charge in [0.1, 0.15) is 5.82 Å². The summed E-state index contributed by atoms with van der Waals surface area (Å²) in [5, 5.41) is 7.85. The smallest absolute Gasteiger partial charge is 0.128 e. The van der Waals surface area contributed by atoms with Crippen LogP contribution < -0.4 is 5.32 Å². The Labute approximate surface area is 117 Å². The number of ether oxygens (including phenoxy) is 1. The zero-order chi connectivity index (χ0) is 13.9. The van der Waals surface area contributed by atoms with Crippen molar-refractivity contribution in [3.05, 3.63) is 52.6 Å². The van der Waals surface area contributed by atoms with Crippen molar-refractivity contribution < 1.29 is 9.13 Å². The fourth-order valence-corrected chi connectivity index (χ4v) is 2.59. The quantitative estimate of drug-likeness (QED) is 0.926. The molecule has 1 aromatic heterocycles. The van der Waals surface area contributed by atoms with Gasteiger partial charge in [0.25, 0.3) is 0 Å². The van der Waals surface area contributed by atoms with Crippen LogP contribution in [0.4, 0.5) is 4.39 Å². The summed E-state index contributed by atoms with van der Waals surface area (Å²) in [6.45, 7) is 2.51. The highest BCUT2D eigenvalue weighted by molar-refractivity contribution is 5.28. The summed E-state index contributed by atoms with van der Waals surface area (Å²) in [5.41, 5.74) is 4.03. The van der Waals surface area contributed by atoms with Gasteiger partial charge in [0, 0.05) is 43.4 Å². The Morgan fingerprint density at radius 1 is 1.35 bits per heavy atom. The maximum Gasteiger partial charge on any atom is 0.128 e. The molecule has 0 amide bonds. The Kier molecular flexibility index (Phi) is 3.80. The van der Waals surface area contributed by atoms with Crippen LogP contribution in [0, 0.1) is 5.82 Å². The van der Waals surface area contributed by atoms with Gasteiger partial charge in [0.2, 0.25) is 0 Å². The summed E-state index contributed by atoms with van der Waals surface area (Å²) in [7, 11) is 1.96. The van der Waals surface area contributed by atoms with Crippen molar-refractivity contribution in [2.45, 2.75) is 26.2 Å². The minimum Gasteiger partial charge on any atom is -0.370 e. The van der Waals surface area contributed by atoms with Gasteiger partial charge in [-0.05, 0) is 6.07 Å². The van der Waals surface area contributed by atoms with Crippen molar-refractivity contribution in [1.29, 1.82) is 0 Å². The first-order chi connectivity index (χ1) is 9.75. The molecular formula is C15H18FN3O. The van der Waals surface area contributed by atoms with E-state index in [1.165, 1.54) is 17.3 Å². The number of aromatic nitrogens is 2. The van der Waals surface area contributed by atoms with Crippen LogP contribution in [-0.2, 0) is 38.0 Å². The van der Waals surface area contributed by atoms with Gasteiger partial charge in [0.15, 0.2) is 0 Å². The van der Waals surface area contributed by atoms with Gasteiger partial charge >= 0.3 is 0 Å². The van der Waals surface area contributed by atoms with Crippen molar-refractivity contribution in [2.75, 3.05) is 6.54 Å². The van der Waals surface area contributed by atoms with E-state index in [4.69, 9.17) is 4.74 Å². The first-order valence-electron chi connectivity index (χ1n) is 6.81. The van der Waals surface area contributed by atoms with E-state index in [-0.39, 0.29) is 12.4 Å². The Hall–Kier alpha value is -1.72. The second-order valence-electron chi connectivity index (χ2n) is 5.01. The predicted molar refractivity (Wildman–Crippen MR) is 73.5 cm³/mol. The molecule has 1 N–H and O–H groups in total. The molecule has 0 spiro atoms. The number of nitrogens with one attached hydrogen (secondary N) is 1. The molecule has 0 saturated carbocycles. The molecule has 0 bridgehead atoms. The number of nitrogens with zero attached hydrogens (tertiary/aromatic N) is 2. The molecule has 0 saturated heterocycles. The molecule has 5 heteroatoms. The summed E-state index contributed by atoms with van der Waals surface area (Å²) >= 11 is 0. The largest absolute Gasteiger partial charge is 0.370 e. The number of hydrogen-bond acceptors (Lipinski definition) is 3. The van der Waals surface area contributed by atoms with Gasteiger partial charge in [0.05, 0.1) is 18.9 Å². The van der Waals surface area contributed by atoms with Crippen LogP contribution in [0.3, 0.4) is 0 Å². The molecule has 1 aliphatic rings. The molecule has 1 aromatic carbocycles. The van der Waals surface area contributed by atoms with E-state index in [2.05, 4.69) is 10.4 Å². The van der Waals surface area contributed by atoms with Crippen LogP contribution in [0.1, 0.15) is 22.5 Å². The Morgan fingerprint density at radius 3 is 3.05 bits per heavy atom. The molecule has 0 atom stereocenters. The predicted octanol–water partition coefficient (Wildman–Crippen LogP) is 1.92. The van der Waals surface area contributed by atoms with Gasteiger partial charge in [-0.15, -0.1) is 0 Å². The number of aryl methyl sites for hydroxylation is 1. The lowest BCUT2D eigenvalue weighted by molar-refractivity contribution is 0.101. The highest BCUT2D eigenvalue weighted by Crippen LogP contribution is 2.19. The maximum atomic E-state index is 13.5. The Morgan fingerprint density at radius 2 is 2.20 bits per heavy atom. The van der Waals surface area contributed by atoms with E-state index in [1.807, 2.05) is 17.8 Å². The maximum absolute atomic E-state index is 13.5. The summed E-state index contributed by atoms with van der Waals surface area (Å²) < 4.78 is 21.0. The van der Waals surface area contributed by atoms with Gasteiger partial charge in [-0.2, -0.15) is 5.10 Å². The van der Waals surface area contributed by atoms with Crippen LogP contribution >= 0.6 is 0 Å². The van der Waals surface area contributed by atoms with Gasteiger partial charge < -0.3 is 10.1 Å². The van der Waals surface area contributed by atoms with Crippen LogP contribution in [0.5, 0.6) is 0 Å². The highest BCUT2D eigenvalue weighted by atomic mass is 19.1. The van der Waals surface area contributed by atoms with Gasteiger partial charge in [-0.25, -0.2) is 4.39 Å². The van der Waals surface area contributed by atoms with Gasteiger partial charge in [-0.3, -0.25) is 4.68 Å². The Bertz CT molecular complexity index is 609. The lowest BCUT2D eigenvalue weighted by Gasteiger charge is -2.14. The highest BCUT2D eigenvalue weighted by Gasteiger charge is 2.18. The zero-order valence-corrected chi connectivity index (χ0v) is 11.5. The molecule has 2 heterocycles. The first kappa shape index (κ1) is 13.3. The second-order valence-corrected chi connectivity index (χ2v) is 5.01. The SMILES string of the molecule is Cn1nc(COCc2ccccc2F)c2c1CCNC2. The van der Waals surface area contributed by atoms with Crippen LogP contribution in [0.25, 0.3) is 0 Å². The van der Waals surface area contributed by atoms with Crippen molar-refractivity contribution in [2.24, 2.45) is 7.05 Å². The van der Waals surface area contributed by atoms with Gasteiger partial charge in [-0.1, -0.05) is 18.2 Å². The number of hydrogen-bond donors (Lipinski definition) is 1. The minimum absolute atomic E-state index is 0.225. The lowest BCUT2D eigenvalue weighted by Crippen LogP contribution is -2.24. The number of fused-ring (bicyclic) bond motifs is 1. The molecule has 0 radical (unpaired) electrons. The van der Waals surface area contributed by atoms with Crippen LogP contribution in [0.2, 0.25) is 0 Å². The zero-order valence-electron chi connectivity index (χ0n) is 11.5. The van der Waals surface area contributed by atoms with E-state index in [0.717, 1.165) is 25.2 Å². The molecule has 0 unspecified atom stereocenters. The average molecular weight is 275 g/mol. The van der Waals surface area contributed by atoms with E-state index in [0.29, 0.717) is 12.2 Å². The fourth-order valence-electron chi connectivity index (χ4n) is 2.59. The summed E-state index contributed by atoms with van der Waals surface area (Å²) in [6.07, 6.45) is 0.992. The van der Waals surface area contributed by atoms with E-state index in [1.54, 1.807) is 12.1 Å². The third kappa shape index (κ3) is 2.59. The normalized spacial score (nSPS) is 14.3. The molecule has 4 nitrogen and oxygen atoms in total. The minimum atomic E-state index is -0.225. The van der Waals surface area contributed by atoms with E-state index < -0.39 is 0 Å². The monoisotopic (exact) mass is 275 g/mol. The molecule has 0 aliphatic carbocycles. The number of benzene rings is 1. The second kappa shape index (κ2) is 5.73. The average Bonchev–Trinajstić information content (AvgIpc) is 2.78. The molecule has 106 valence electrons. The molecule has 20 heavy (non-hydrogen) atoms. The summed E-state index contributed by atoms with van der Waals surface area (Å²) in [5.74, 6) is -0.225. The van der Waals surface area contributed by atoms with Crippen molar-refractivity contribution >= 4 is 0 Å². The Balaban J connectivity index is 1.66. The summed E-state index contributed by atoms with van der Waals surface area (Å²) in [6, 6.07) is 6.68. The van der Waals surface area contributed by atoms with Crippen molar-refractivity contribution in [1.82, 2.24) is 15.1 Å². The first-order valence-corrected chi connectivity index (χ1v) is 6.81. The number of halogens is 1. The molecule has 0 fully saturated rings. The molecule has 3 rings (SSSR count). The van der Waals surface area contributed by atoms with E-state index >= 15 is 0 Å². The van der Waals surface area contributed by atoms with Crippen LogP contribution in [0.15, 0.2) is 24.3 Å². The fraction of sp³-hybridized carbons (Fsp3) is 0.400. The number of rotatable bonds is 4. The molecular weight excluding hydrogens is 257 g/mol. The lowest BCUT2D eigenvalue weighted by atomic mass is 10.1.